The Morgan fingerprint density at radius 2 is 2.18 bits per heavy atom. The number of hydrogen-bond acceptors (Lipinski definition) is 3. The summed E-state index contributed by atoms with van der Waals surface area (Å²) < 4.78 is 1.63. The zero-order valence-electron chi connectivity index (χ0n) is 10.8. The average molecular weight is 237 g/mol. The summed E-state index contributed by atoms with van der Waals surface area (Å²) in [6, 6.07) is 1.82. The molecule has 1 fully saturated rings. The molecule has 1 aromatic heterocycles. The predicted molar refractivity (Wildman–Crippen MR) is 64.5 cm³/mol. The second kappa shape index (κ2) is 3.84. The summed E-state index contributed by atoms with van der Waals surface area (Å²) in [4.78, 5) is 13.6. The molecule has 1 aliphatic heterocycles. The van der Waals surface area contributed by atoms with Crippen molar-refractivity contribution < 1.29 is 9.90 Å². The van der Waals surface area contributed by atoms with Crippen LogP contribution in [0.2, 0.25) is 0 Å². The second-order valence-corrected chi connectivity index (χ2v) is 5.56. The van der Waals surface area contributed by atoms with Crippen molar-refractivity contribution >= 4 is 11.7 Å². The Morgan fingerprint density at radius 1 is 1.53 bits per heavy atom. The van der Waals surface area contributed by atoms with Gasteiger partial charge in [0.2, 0.25) is 5.91 Å². The number of piperidine rings is 1. The largest absolute Gasteiger partial charge is 0.373 e. The van der Waals surface area contributed by atoms with Gasteiger partial charge in [-0.3, -0.25) is 14.4 Å². The fraction of sp³-hybridized carbons (Fsp3) is 0.667. The molecule has 0 aliphatic carbocycles. The highest BCUT2D eigenvalue weighted by atomic mass is 16.3. The minimum absolute atomic E-state index is 0.0447. The van der Waals surface area contributed by atoms with E-state index in [-0.39, 0.29) is 11.3 Å². The Kier molecular flexibility index (Phi) is 2.73. The van der Waals surface area contributed by atoms with Crippen LogP contribution < -0.4 is 4.90 Å². The van der Waals surface area contributed by atoms with E-state index in [0.717, 1.165) is 5.69 Å². The number of aromatic nitrogens is 2. The van der Waals surface area contributed by atoms with Crippen LogP contribution in [0.15, 0.2) is 6.07 Å². The molecular formula is C12H19N3O2. The normalized spacial score (nSPS) is 24.2. The van der Waals surface area contributed by atoms with E-state index in [1.165, 1.54) is 4.90 Å². The van der Waals surface area contributed by atoms with Crippen LogP contribution in [0.25, 0.3) is 0 Å². The van der Waals surface area contributed by atoms with Gasteiger partial charge in [0.05, 0.1) is 5.69 Å². The van der Waals surface area contributed by atoms with Gasteiger partial charge in [-0.2, -0.15) is 5.10 Å². The van der Waals surface area contributed by atoms with Crippen LogP contribution in [-0.4, -0.2) is 27.0 Å². The fourth-order valence-corrected chi connectivity index (χ4v) is 2.42. The number of aliphatic hydroxyl groups is 1. The third-order valence-corrected chi connectivity index (χ3v) is 3.16. The molecule has 17 heavy (non-hydrogen) atoms. The lowest BCUT2D eigenvalue weighted by Crippen LogP contribution is -2.50. The van der Waals surface area contributed by atoms with Gasteiger partial charge in [-0.1, -0.05) is 13.8 Å². The lowest BCUT2D eigenvalue weighted by molar-refractivity contribution is -0.126. The van der Waals surface area contributed by atoms with Crippen LogP contribution >= 0.6 is 0 Å². The van der Waals surface area contributed by atoms with Crippen LogP contribution in [0.3, 0.4) is 0 Å². The highest BCUT2D eigenvalue weighted by Gasteiger charge is 2.39. The molecule has 0 spiro atoms. The van der Waals surface area contributed by atoms with Crippen molar-refractivity contribution in [2.45, 2.75) is 39.8 Å². The number of hydrogen-bond donors (Lipinski definition) is 1. The van der Waals surface area contributed by atoms with Gasteiger partial charge in [-0.05, 0) is 18.8 Å². The van der Waals surface area contributed by atoms with E-state index in [1.807, 2.05) is 26.8 Å². The Bertz CT molecular complexity index is 451. The van der Waals surface area contributed by atoms with Crippen molar-refractivity contribution in [1.29, 1.82) is 0 Å². The molecule has 1 N–H and O–H groups in total. The number of aliphatic hydroxyl groups excluding tert-OH is 1. The molecule has 2 heterocycles. The van der Waals surface area contributed by atoms with E-state index < -0.39 is 6.23 Å². The van der Waals surface area contributed by atoms with E-state index in [1.54, 1.807) is 11.7 Å². The molecule has 5 heteroatoms. The summed E-state index contributed by atoms with van der Waals surface area (Å²) >= 11 is 0. The van der Waals surface area contributed by atoms with Gasteiger partial charge in [-0.25, -0.2) is 0 Å². The summed E-state index contributed by atoms with van der Waals surface area (Å²) in [5.74, 6) is 0.618. The van der Waals surface area contributed by atoms with Gasteiger partial charge in [0.15, 0.2) is 0 Å². The molecule has 1 aliphatic rings. The van der Waals surface area contributed by atoms with E-state index in [9.17, 15) is 9.90 Å². The van der Waals surface area contributed by atoms with Gasteiger partial charge in [0.25, 0.3) is 0 Å². The first kappa shape index (κ1) is 12.1. The molecule has 1 amide bonds. The fourth-order valence-electron chi connectivity index (χ4n) is 2.42. The highest BCUT2D eigenvalue weighted by Crippen LogP contribution is 2.36. The van der Waals surface area contributed by atoms with E-state index >= 15 is 0 Å². The summed E-state index contributed by atoms with van der Waals surface area (Å²) in [6.07, 6.45) is 0.276. The van der Waals surface area contributed by atoms with Crippen molar-refractivity contribution in [2.24, 2.45) is 12.5 Å². The molecule has 5 nitrogen and oxygen atoms in total. The third-order valence-electron chi connectivity index (χ3n) is 3.16. The number of aryl methyl sites for hydroxylation is 2. The van der Waals surface area contributed by atoms with Gasteiger partial charge in [-0.15, -0.1) is 0 Å². The Morgan fingerprint density at radius 3 is 2.65 bits per heavy atom. The number of carbonyl (C=O) groups excluding carboxylic acids is 1. The van der Waals surface area contributed by atoms with Crippen LogP contribution in [0.5, 0.6) is 0 Å². The molecular weight excluding hydrogens is 218 g/mol. The van der Waals surface area contributed by atoms with E-state index in [2.05, 4.69) is 5.10 Å². The van der Waals surface area contributed by atoms with Crippen LogP contribution in [0.1, 0.15) is 32.4 Å². The molecule has 1 saturated heterocycles. The van der Waals surface area contributed by atoms with Crippen molar-refractivity contribution in [2.75, 3.05) is 4.90 Å². The Balaban J connectivity index is 2.33. The zero-order chi connectivity index (χ0) is 12.8. The van der Waals surface area contributed by atoms with Crippen LogP contribution in [0.4, 0.5) is 5.82 Å². The van der Waals surface area contributed by atoms with Crippen LogP contribution in [-0.2, 0) is 11.8 Å². The number of amides is 1. The van der Waals surface area contributed by atoms with Gasteiger partial charge in [0.1, 0.15) is 12.0 Å². The smallest absolute Gasteiger partial charge is 0.230 e. The quantitative estimate of drug-likeness (QED) is 0.798. The summed E-state index contributed by atoms with van der Waals surface area (Å²) in [7, 11) is 1.78. The molecule has 94 valence electrons. The topological polar surface area (TPSA) is 58.4 Å². The SMILES string of the molecule is Cc1cc(N2C(=O)CC(C)(C)CC2O)n(C)n1. The first-order valence-corrected chi connectivity index (χ1v) is 5.81. The first-order valence-electron chi connectivity index (χ1n) is 5.81. The minimum atomic E-state index is -0.763. The maximum absolute atomic E-state index is 12.1. The molecule has 1 unspecified atom stereocenters. The lowest BCUT2D eigenvalue weighted by Gasteiger charge is -2.39. The summed E-state index contributed by atoms with van der Waals surface area (Å²) in [6.45, 7) is 5.87. The number of carbonyl (C=O) groups is 1. The molecule has 0 radical (unpaired) electrons. The van der Waals surface area contributed by atoms with Crippen molar-refractivity contribution in [1.82, 2.24) is 9.78 Å². The molecule has 0 aromatic carbocycles. The first-order chi connectivity index (χ1) is 7.80. The van der Waals surface area contributed by atoms with Gasteiger partial charge in [0, 0.05) is 19.5 Å². The summed E-state index contributed by atoms with van der Waals surface area (Å²) in [5, 5.41) is 14.3. The standard InChI is InChI=1S/C12H19N3O2/c1-8-5-9(14(4)13-8)15-10(16)6-12(2,3)7-11(15)17/h5,10,16H,6-7H2,1-4H3. The zero-order valence-corrected chi connectivity index (χ0v) is 10.8. The minimum Gasteiger partial charge on any atom is -0.373 e. The second-order valence-electron chi connectivity index (χ2n) is 5.56. The van der Waals surface area contributed by atoms with E-state index in [4.69, 9.17) is 0 Å². The third kappa shape index (κ3) is 2.20. The van der Waals surface area contributed by atoms with Gasteiger partial charge >= 0.3 is 0 Å². The average Bonchev–Trinajstić information content (AvgIpc) is 2.41. The predicted octanol–water partition coefficient (Wildman–Crippen LogP) is 1.20. The lowest BCUT2D eigenvalue weighted by atomic mass is 9.81. The Labute approximate surface area is 101 Å². The molecule has 1 aromatic rings. The number of rotatable bonds is 1. The molecule has 0 saturated carbocycles. The number of anilines is 1. The van der Waals surface area contributed by atoms with Crippen molar-refractivity contribution in [3.63, 3.8) is 0 Å². The van der Waals surface area contributed by atoms with Crippen LogP contribution in [0, 0.1) is 12.3 Å². The molecule has 2 rings (SSSR count). The van der Waals surface area contributed by atoms with E-state index in [0.29, 0.717) is 18.7 Å². The Hall–Kier alpha value is -1.36. The molecule has 0 bridgehead atoms. The highest BCUT2D eigenvalue weighted by molar-refractivity contribution is 5.94. The monoisotopic (exact) mass is 237 g/mol. The van der Waals surface area contributed by atoms with Crippen molar-refractivity contribution in [3.05, 3.63) is 11.8 Å². The maximum atomic E-state index is 12.1. The number of nitrogens with zero attached hydrogens (tertiary/aromatic N) is 3. The van der Waals surface area contributed by atoms with Gasteiger partial charge < -0.3 is 5.11 Å². The molecule has 1 atom stereocenters. The summed E-state index contributed by atoms with van der Waals surface area (Å²) in [5.41, 5.74) is 0.702. The van der Waals surface area contributed by atoms with Crippen molar-refractivity contribution in [3.8, 4) is 0 Å². The maximum Gasteiger partial charge on any atom is 0.230 e.